The Kier molecular flexibility index (Phi) is 5.74. The summed E-state index contributed by atoms with van der Waals surface area (Å²) in [5.41, 5.74) is 1.34. The topological polar surface area (TPSA) is 40.5 Å². The van der Waals surface area contributed by atoms with Crippen LogP contribution in [0, 0.1) is 5.82 Å². The number of rotatable bonds is 5. The SMILES string of the molecule is CC(c1ccc(Cl)cc1)N(C)C(=O)CC(O)c1cccc(F)c1. The number of halogens is 2. The van der Waals surface area contributed by atoms with Gasteiger partial charge in [-0.2, -0.15) is 0 Å². The first kappa shape index (κ1) is 17.4. The zero-order valence-electron chi connectivity index (χ0n) is 13.0. The zero-order chi connectivity index (χ0) is 17.0. The standard InChI is InChI=1S/C18H19ClFNO2/c1-12(13-6-8-15(19)9-7-13)21(2)18(23)11-17(22)14-4-3-5-16(20)10-14/h3-10,12,17,22H,11H2,1-2H3. The summed E-state index contributed by atoms with van der Waals surface area (Å²) in [5.74, 6) is -0.652. The molecule has 0 aliphatic carbocycles. The number of benzene rings is 2. The fourth-order valence-electron chi connectivity index (χ4n) is 2.32. The Balaban J connectivity index is 2.03. The summed E-state index contributed by atoms with van der Waals surface area (Å²) >= 11 is 5.86. The summed E-state index contributed by atoms with van der Waals surface area (Å²) < 4.78 is 13.2. The van der Waals surface area contributed by atoms with Crippen LogP contribution in [0.15, 0.2) is 48.5 Å². The van der Waals surface area contributed by atoms with E-state index in [1.54, 1.807) is 30.1 Å². The van der Waals surface area contributed by atoms with Crippen molar-refractivity contribution in [3.63, 3.8) is 0 Å². The fraction of sp³-hybridized carbons (Fsp3) is 0.278. The first-order valence-corrected chi connectivity index (χ1v) is 7.71. The van der Waals surface area contributed by atoms with Crippen molar-refractivity contribution in [3.05, 3.63) is 70.5 Å². The van der Waals surface area contributed by atoms with Gasteiger partial charge >= 0.3 is 0 Å². The highest BCUT2D eigenvalue weighted by Gasteiger charge is 2.21. The monoisotopic (exact) mass is 335 g/mol. The molecule has 0 fully saturated rings. The van der Waals surface area contributed by atoms with Gasteiger partial charge in [-0.15, -0.1) is 0 Å². The van der Waals surface area contributed by atoms with E-state index >= 15 is 0 Å². The van der Waals surface area contributed by atoms with E-state index in [-0.39, 0.29) is 18.4 Å². The molecule has 5 heteroatoms. The van der Waals surface area contributed by atoms with Crippen molar-refractivity contribution >= 4 is 17.5 Å². The predicted octanol–water partition coefficient (Wildman–Crippen LogP) is 4.12. The molecule has 0 spiro atoms. The van der Waals surface area contributed by atoms with Gasteiger partial charge in [0.15, 0.2) is 0 Å². The lowest BCUT2D eigenvalue weighted by Crippen LogP contribution is -2.30. The maximum atomic E-state index is 13.2. The van der Waals surface area contributed by atoms with Gasteiger partial charge in [0.2, 0.25) is 5.91 Å². The van der Waals surface area contributed by atoms with Crippen LogP contribution in [0.1, 0.15) is 36.6 Å². The first-order valence-electron chi connectivity index (χ1n) is 7.33. The number of nitrogens with zero attached hydrogens (tertiary/aromatic N) is 1. The number of carbonyl (C=O) groups is 1. The molecule has 23 heavy (non-hydrogen) atoms. The van der Waals surface area contributed by atoms with Gasteiger partial charge in [0.25, 0.3) is 0 Å². The molecule has 0 heterocycles. The van der Waals surface area contributed by atoms with Gasteiger partial charge in [-0.05, 0) is 42.3 Å². The summed E-state index contributed by atoms with van der Waals surface area (Å²) in [6, 6.07) is 12.8. The smallest absolute Gasteiger partial charge is 0.225 e. The van der Waals surface area contributed by atoms with E-state index in [4.69, 9.17) is 11.6 Å². The molecule has 2 unspecified atom stereocenters. The number of amides is 1. The first-order chi connectivity index (χ1) is 10.9. The van der Waals surface area contributed by atoms with Crippen molar-refractivity contribution in [1.29, 1.82) is 0 Å². The second-order valence-corrected chi connectivity index (χ2v) is 5.94. The van der Waals surface area contributed by atoms with Crippen molar-refractivity contribution < 1.29 is 14.3 Å². The molecule has 122 valence electrons. The fourth-order valence-corrected chi connectivity index (χ4v) is 2.45. The molecule has 1 N–H and O–H groups in total. The Morgan fingerprint density at radius 3 is 2.48 bits per heavy atom. The lowest BCUT2D eigenvalue weighted by Gasteiger charge is -2.26. The molecule has 0 saturated heterocycles. The molecule has 0 aliphatic heterocycles. The van der Waals surface area contributed by atoms with E-state index in [9.17, 15) is 14.3 Å². The molecule has 2 rings (SSSR count). The lowest BCUT2D eigenvalue weighted by molar-refractivity contribution is -0.134. The Labute approximate surface area is 140 Å². The van der Waals surface area contributed by atoms with Crippen molar-refractivity contribution in [1.82, 2.24) is 4.90 Å². The third kappa shape index (κ3) is 4.53. The Bertz CT molecular complexity index is 675. The molecule has 0 aromatic heterocycles. The maximum Gasteiger partial charge on any atom is 0.225 e. The third-order valence-electron chi connectivity index (χ3n) is 3.93. The minimum absolute atomic E-state index is 0.0993. The van der Waals surface area contributed by atoms with Crippen molar-refractivity contribution in [3.8, 4) is 0 Å². The van der Waals surface area contributed by atoms with Crippen LogP contribution in [-0.2, 0) is 4.79 Å². The van der Waals surface area contributed by atoms with Gasteiger partial charge < -0.3 is 10.0 Å². The van der Waals surface area contributed by atoms with Crippen LogP contribution < -0.4 is 0 Å². The molecular weight excluding hydrogens is 317 g/mol. The van der Waals surface area contributed by atoms with E-state index < -0.39 is 11.9 Å². The lowest BCUT2D eigenvalue weighted by atomic mass is 10.0. The van der Waals surface area contributed by atoms with Crippen molar-refractivity contribution in [2.75, 3.05) is 7.05 Å². The van der Waals surface area contributed by atoms with E-state index in [0.717, 1.165) is 5.56 Å². The molecule has 0 saturated carbocycles. The number of carbonyl (C=O) groups excluding carboxylic acids is 1. The molecule has 2 aromatic rings. The van der Waals surface area contributed by atoms with Crippen LogP contribution in [0.4, 0.5) is 4.39 Å². The normalized spacial score (nSPS) is 13.4. The predicted molar refractivity (Wildman–Crippen MR) is 88.6 cm³/mol. The minimum Gasteiger partial charge on any atom is -0.388 e. The van der Waals surface area contributed by atoms with Crippen molar-refractivity contribution in [2.24, 2.45) is 0 Å². The summed E-state index contributed by atoms with van der Waals surface area (Å²) in [7, 11) is 1.68. The average molecular weight is 336 g/mol. The molecule has 0 aliphatic rings. The summed E-state index contributed by atoms with van der Waals surface area (Å²) in [6.07, 6.45) is -1.13. The van der Waals surface area contributed by atoms with E-state index in [1.807, 2.05) is 19.1 Å². The van der Waals surface area contributed by atoms with Gasteiger partial charge in [-0.1, -0.05) is 35.9 Å². The third-order valence-corrected chi connectivity index (χ3v) is 4.18. The average Bonchev–Trinajstić information content (AvgIpc) is 2.54. The van der Waals surface area contributed by atoms with Crippen LogP contribution in [0.3, 0.4) is 0 Å². The maximum absolute atomic E-state index is 13.2. The molecule has 3 nitrogen and oxygen atoms in total. The second kappa shape index (κ2) is 7.57. The van der Waals surface area contributed by atoms with Gasteiger partial charge in [0.05, 0.1) is 18.6 Å². The quantitative estimate of drug-likeness (QED) is 0.892. The number of aliphatic hydroxyl groups is 1. The van der Waals surface area contributed by atoms with E-state index in [0.29, 0.717) is 10.6 Å². The van der Waals surface area contributed by atoms with Crippen LogP contribution in [0.5, 0.6) is 0 Å². The highest BCUT2D eigenvalue weighted by molar-refractivity contribution is 6.30. The van der Waals surface area contributed by atoms with E-state index in [1.165, 1.54) is 18.2 Å². The summed E-state index contributed by atoms with van der Waals surface area (Å²) in [5, 5.41) is 10.8. The molecular formula is C18H19ClFNO2. The molecule has 1 amide bonds. The number of hydrogen-bond donors (Lipinski definition) is 1. The summed E-state index contributed by atoms with van der Waals surface area (Å²) in [4.78, 5) is 13.9. The zero-order valence-corrected chi connectivity index (χ0v) is 13.8. The molecule has 0 radical (unpaired) electrons. The van der Waals surface area contributed by atoms with Gasteiger partial charge in [-0.3, -0.25) is 4.79 Å². The van der Waals surface area contributed by atoms with Gasteiger partial charge in [-0.25, -0.2) is 4.39 Å². The van der Waals surface area contributed by atoms with Gasteiger partial charge in [0, 0.05) is 12.1 Å². The van der Waals surface area contributed by atoms with Crippen LogP contribution in [-0.4, -0.2) is 23.0 Å². The highest BCUT2D eigenvalue weighted by Crippen LogP contribution is 2.24. The van der Waals surface area contributed by atoms with Gasteiger partial charge in [0.1, 0.15) is 5.82 Å². The van der Waals surface area contributed by atoms with Crippen LogP contribution in [0.2, 0.25) is 5.02 Å². The largest absolute Gasteiger partial charge is 0.388 e. The van der Waals surface area contributed by atoms with E-state index in [2.05, 4.69) is 0 Å². The highest BCUT2D eigenvalue weighted by atomic mass is 35.5. The second-order valence-electron chi connectivity index (χ2n) is 5.51. The van der Waals surface area contributed by atoms with Crippen LogP contribution in [0.25, 0.3) is 0 Å². The minimum atomic E-state index is -1.03. The Morgan fingerprint density at radius 1 is 1.22 bits per heavy atom. The Hall–Kier alpha value is -1.91. The molecule has 0 bridgehead atoms. The number of aliphatic hydroxyl groups excluding tert-OH is 1. The molecule has 2 aromatic carbocycles. The molecule has 2 atom stereocenters. The summed E-state index contributed by atoms with van der Waals surface area (Å²) in [6.45, 7) is 1.90. The van der Waals surface area contributed by atoms with Crippen molar-refractivity contribution in [2.45, 2.75) is 25.5 Å². The Morgan fingerprint density at radius 2 is 1.87 bits per heavy atom. The number of hydrogen-bond acceptors (Lipinski definition) is 2. The van der Waals surface area contributed by atoms with Crippen LogP contribution >= 0.6 is 11.6 Å².